The SMILES string of the molecule is CC1CCCCN1C(=O)CN1CCC(CC(=O)O)CC1. The van der Waals surface area contributed by atoms with Crippen LogP contribution in [0.2, 0.25) is 0 Å². The number of piperidine rings is 2. The zero-order valence-corrected chi connectivity index (χ0v) is 12.4. The van der Waals surface area contributed by atoms with E-state index in [1.54, 1.807) is 0 Å². The molecule has 1 atom stereocenters. The van der Waals surface area contributed by atoms with Crippen LogP contribution in [0.5, 0.6) is 0 Å². The third kappa shape index (κ3) is 4.20. The van der Waals surface area contributed by atoms with E-state index in [4.69, 9.17) is 5.11 Å². The van der Waals surface area contributed by atoms with Crippen LogP contribution < -0.4 is 0 Å². The van der Waals surface area contributed by atoms with Gasteiger partial charge in [0.15, 0.2) is 0 Å². The number of likely N-dealkylation sites (tertiary alicyclic amines) is 2. The third-order valence-electron chi connectivity index (χ3n) is 4.65. The van der Waals surface area contributed by atoms with Gasteiger partial charge in [-0.15, -0.1) is 0 Å². The Kier molecular flexibility index (Phi) is 5.40. The summed E-state index contributed by atoms with van der Waals surface area (Å²) in [7, 11) is 0. The lowest BCUT2D eigenvalue weighted by atomic mass is 9.93. The topological polar surface area (TPSA) is 60.9 Å². The second-order valence-electron chi connectivity index (χ2n) is 6.25. The van der Waals surface area contributed by atoms with E-state index in [-0.39, 0.29) is 18.2 Å². The van der Waals surface area contributed by atoms with Crippen molar-refractivity contribution in [2.45, 2.75) is 51.5 Å². The van der Waals surface area contributed by atoms with Gasteiger partial charge in [0.2, 0.25) is 5.91 Å². The highest BCUT2D eigenvalue weighted by atomic mass is 16.4. The number of amides is 1. The molecule has 2 aliphatic heterocycles. The number of aliphatic carboxylic acids is 1. The fourth-order valence-corrected chi connectivity index (χ4v) is 3.35. The molecule has 1 unspecified atom stereocenters. The maximum absolute atomic E-state index is 12.3. The van der Waals surface area contributed by atoms with E-state index in [2.05, 4.69) is 11.8 Å². The molecular formula is C15H26N2O3. The van der Waals surface area contributed by atoms with Gasteiger partial charge >= 0.3 is 5.97 Å². The minimum Gasteiger partial charge on any atom is -0.481 e. The van der Waals surface area contributed by atoms with Gasteiger partial charge in [-0.05, 0) is 58.0 Å². The lowest BCUT2D eigenvalue weighted by Gasteiger charge is -2.36. The van der Waals surface area contributed by atoms with E-state index in [9.17, 15) is 9.59 Å². The highest BCUT2D eigenvalue weighted by Gasteiger charge is 2.27. The molecule has 2 saturated heterocycles. The standard InChI is InChI=1S/C15H26N2O3/c1-12-4-2-3-7-17(12)14(18)11-16-8-5-13(6-9-16)10-15(19)20/h12-13H,2-11H2,1H3,(H,19,20). The molecule has 0 spiro atoms. The van der Waals surface area contributed by atoms with E-state index in [0.29, 0.717) is 12.6 Å². The molecule has 0 radical (unpaired) electrons. The number of carboxylic acid groups (broad SMARTS) is 1. The Morgan fingerprint density at radius 2 is 1.80 bits per heavy atom. The van der Waals surface area contributed by atoms with E-state index in [1.807, 2.05) is 4.90 Å². The average molecular weight is 282 g/mol. The molecule has 1 amide bonds. The molecule has 0 aromatic rings. The number of nitrogens with zero attached hydrogens (tertiary/aromatic N) is 2. The Balaban J connectivity index is 1.74. The molecule has 2 fully saturated rings. The fraction of sp³-hybridized carbons (Fsp3) is 0.867. The van der Waals surface area contributed by atoms with Gasteiger partial charge < -0.3 is 10.0 Å². The van der Waals surface area contributed by atoms with Crippen molar-refractivity contribution in [3.8, 4) is 0 Å². The van der Waals surface area contributed by atoms with Crippen LogP contribution in [0.15, 0.2) is 0 Å². The smallest absolute Gasteiger partial charge is 0.303 e. The molecule has 0 saturated carbocycles. The monoisotopic (exact) mass is 282 g/mol. The summed E-state index contributed by atoms with van der Waals surface area (Å²) >= 11 is 0. The van der Waals surface area contributed by atoms with Crippen LogP contribution in [0, 0.1) is 5.92 Å². The summed E-state index contributed by atoms with van der Waals surface area (Å²) in [6, 6.07) is 0.376. The van der Waals surface area contributed by atoms with E-state index >= 15 is 0 Å². The zero-order chi connectivity index (χ0) is 14.5. The lowest BCUT2D eigenvalue weighted by molar-refractivity contribution is -0.139. The summed E-state index contributed by atoms with van der Waals surface area (Å²) in [6.45, 7) is 5.24. The van der Waals surface area contributed by atoms with Gasteiger partial charge in [0.1, 0.15) is 0 Å². The second kappa shape index (κ2) is 7.07. The maximum Gasteiger partial charge on any atom is 0.303 e. The molecule has 0 aromatic heterocycles. The van der Waals surface area contributed by atoms with Gasteiger partial charge in [0.05, 0.1) is 6.54 Å². The van der Waals surface area contributed by atoms with Gasteiger partial charge in [0, 0.05) is 19.0 Å². The van der Waals surface area contributed by atoms with Crippen LogP contribution in [0.3, 0.4) is 0 Å². The summed E-state index contributed by atoms with van der Waals surface area (Å²) in [5.74, 6) is -0.177. The van der Waals surface area contributed by atoms with Crippen LogP contribution in [-0.4, -0.2) is 59.0 Å². The van der Waals surface area contributed by atoms with Gasteiger partial charge in [-0.1, -0.05) is 0 Å². The van der Waals surface area contributed by atoms with Crippen molar-refractivity contribution in [2.24, 2.45) is 5.92 Å². The first-order valence-electron chi connectivity index (χ1n) is 7.80. The lowest BCUT2D eigenvalue weighted by Crippen LogP contribution is -2.48. The number of rotatable bonds is 4. The second-order valence-corrected chi connectivity index (χ2v) is 6.25. The maximum atomic E-state index is 12.3. The van der Waals surface area contributed by atoms with E-state index in [1.165, 1.54) is 6.42 Å². The van der Waals surface area contributed by atoms with Crippen molar-refractivity contribution in [2.75, 3.05) is 26.2 Å². The van der Waals surface area contributed by atoms with Crippen LogP contribution in [0.1, 0.15) is 45.4 Å². The Labute approximate surface area is 120 Å². The fourth-order valence-electron chi connectivity index (χ4n) is 3.35. The van der Waals surface area contributed by atoms with Crippen LogP contribution in [-0.2, 0) is 9.59 Å². The number of hydrogen-bond acceptors (Lipinski definition) is 3. The number of carbonyl (C=O) groups is 2. The summed E-state index contributed by atoms with van der Waals surface area (Å²) in [4.78, 5) is 27.2. The van der Waals surface area contributed by atoms with Crippen LogP contribution >= 0.6 is 0 Å². The van der Waals surface area contributed by atoms with Gasteiger partial charge in [0.25, 0.3) is 0 Å². The highest BCUT2D eigenvalue weighted by molar-refractivity contribution is 5.78. The van der Waals surface area contributed by atoms with Crippen molar-refractivity contribution in [3.63, 3.8) is 0 Å². The Morgan fingerprint density at radius 1 is 1.10 bits per heavy atom. The average Bonchev–Trinajstić information content (AvgIpc) is 2.41. The zero-order valence-electron chi connectivity index (χ0n) is 12.4. The van der Waals surface area contributed by atoms with Crippen molar-refractivity contribution in [1.29, 1.82) is 0 Å². The third-order valence-corrected chi connectivity index (χ3v) is 4.65. The van der Waals surface area contributed by atoms with Gasteiger partial charge in [-0.25, -0.2) is 0 Å². The quantitative estimate of drug-likeness (QED) is 0.850. The first-order chi connectivity index (χ1) is 9.56. The molecule has 0 aliphatic carbocycles. The molecule has 0 bridgehead atoms. The Morgan fingerprint density at radius 3 is 2.40 bits per heavy atom. The van der Waals surface area contributed by atoms with E-state index in [0.717, 1.165) is 45.3 Å². The molecule has 2 rings (SSSR count). The summed E-state index contributed by atoms with van der Waals surface area (Å²) in [5, 5.41) is 8.80. The number of carbonyl (C=O) groups excluding carboxylic acids is 1. The minimum absolute atomic E-state index is 0.244. The normalized spacial score (nSPS) is 25.6. The molecule has 5 nitrogen and oxygen atoms in total. The molecule has 20 heavy (non-hydrogen) atoms. The number of carboxylic acids is 1. The van der Waals surface area contributed by atoms with E-state index < -0.39 is 5.97 Å². The van der Waals surface area contributed by atoms with Gasteiger partial charge in [-0.2, -0.15) is 0 Å². The summed E-state index contributed by atoms with van der Waals surface area (Å²) in [6.07, 6.45) is 5.53. The Bertz CT molecular complexity index is 351. The van der Waals surface area contributed by atoms with Crippen LogP contribution in [0.4, 0.5) is 0 Å². The molecule has 2 aliphatic rings. The summed E-state index contributed by atoms with van der Waals surface area (Å²) in [5.41, 5.74) is 0. The minimum atomic E-state index is -0.707. The molecular weight excluding hydrogens is 256 g/mol. The molecule has 5 heteroatoms. The molecule has 0 aromatic carbocycles. The predicted molar refractivity (Wildman–Crippen MR) is 76.4 cm³/mol. The first kappa shape index (κ1) is 15.3. The first-order valence-corrected chi connectivity index (χ1v) is 7.80. The van der Waals surface area contributed by atoms with Crippen molar-refractivity contribution >= 4 is 11.9 Å². The highest BCUT2D eigenvalue weighted by Crippen LogP contribution is 2.21. The largest absolute Gasteiger partial charge is 0.481 e. The molecule has 1 N–H and O–H groups in total. The Hall–Kier alpha value is -1.10. The van der Waals surface area contributed by atoms with Crippen molar-refractivity contribution < 1.29 is 14.7 Å². The number of hydrogen-bond donors (Lipinski definition) is 1. The predicted octanol–water partition coefficient (Wildman–Crippen LogP) is 1.57. The van der Waals surface area contributed by atoms with Gasteiger partial charge in [-0.3, -0.25) is 14.5 Å². The van der Waals surface area contributed by atoms with Crippen LogP contribution in [0.25, 0.3) is 0 Å². The molecule has 114 valence electrons. The summed E-state index contributed by atoms with van der Waals surface area (Å²) < 4.78 is 0. The van der Waals surface area contributed by atoms with Crippen molar-refractivity contribution in [1.82, 2.24) is 9.80 Å². The molecule has 2 heterocycles. The van der Waals surface area contributed by atoms with Crippen molar-refractivity contribution in [3.05, 3.63) is 0 Å².